The maximum Gasteiger partial charge on any atom is 0.164 e. The topological polar surface area (TPSA) is 26.3 Å². The van der Waals surface area contributed by atoms with E-state index in [1.807, 2.05) is 30.3 Å². The Hall–Kier alpha value is -0.320. The van der Waals surface area contributed by atoms with Crippen molar-refractivity contribution < 1.29 is 7.84 Å². The fourth-order valence-corrected chi connectivity index (χ4v) is 1.53. The largest absolute Gasteiger partial charge is 0.229 e. The van der Waals surface area contributed by atoms with Crippen LogP contribution in [0.5, 0.6) is 0 Å². The van der Waals surface area contributed by atoms with Gasteiger partial charge in [-0.05, 0) is 12.1 Å². The lowest BCUT2D eigenvalue weighted by Gasteiger charge is -1.96. The first-order valence-corrected chi connectivity index (χ1v) is 5.25. The van der Waals surface area contributed by atoms with E-state index in [0.29, 0.717) is 0 Å². The van der Waals surface area contributed by atoms with Gasteiger partial charge in [0.25, 0.3) is 0 Å². The van der Waals surface area contributed by atoms with Crippen LogP contribution in [0.15, 0.2) is 35.2 Å². The van der Waals surface area contributed by atoms with E-state index in [1.165, 1.54) is 6.26 Å². The molecule has 60 valence electrons. The van der Waals surface area contributed by atoms with Crippen LogP contribution in [0.25, 0.3) is 0 Å². The lowest BCUT2D eigenvalue weighted by atomic mass is 10.4. The molecule has 1 rings (SSSR count). The number of hydrogen-bond acceptors (Lipinski definition) is 3. The van der Waals surface area contributed by atoms with E-state index in [0.717, 1.165) is 16.9 Å². The fraction of sp³-hybridized carbons (Fsp3) is 0.143. The Balaban J connectivity index is 2.45. The molecule has 0 heterocycles. The smallest absolute Gasteiger partial charge is 0.164 e. The molecule has 11 heavy (non-hydrogen) atoms. The molecule has 0 aliphatic heterocycles. The molecule has 0 spiro atoms. The Kier molecular flexibility index (Phi) is 3.62. The van der Waals surface area contributed by atoms with Crippen LogP contribution < -0.4 is 0 Å². The monoisotopic (exact) mass is 188 g/mol. The first-order valence-electron chi connectivity index (χ1n) is 3.02. The first-order chi connectivity index (χ1) is 5.29. The average Bonchev–Trinajstić information content (AvgIpc) is 2.03. The van der Waals surface area contributed by atoms with Crippen molar-refractivity contribution in [2.45, 2.75) is 4.90 Å². The highest BCUT2D eigenvalue weighted by atomic mass is 32.3. The predicted octanol–water partition coefficient (Wildman–Crippen LogP) is 2.00. The van der Waals surface area contributed by atoms with Crippen LogP contribution >= 0.6 is 12.0 Å². The SMILES string of the molecule is CS(=O)OSc1ccccc1. The number of rotatable bonds is 3. The Labute approximate surface area is 72.8 Å². The van der Waals surface area contributed by atoms with Gasteiger partial charge in [0, 0.05) is 23.2 Å². The molecule has 0 radical (unpaired) electrons. The maximum atomic E-state index is 10.5. The van der Waals surface area contributed by atoms with Crippen molar-refractivity contribution in [2.75, 3.05) is 6.26 Å². The summed E-state index contributed by atoms with van der Waals surface area (Å²) in [4.78, 5) is 0.961. The minimum Gasteiger partial charge on any atom is -0.229 e. The summed E-state index contributed by atoms with van der Waals surface area (Å²) in [6.45, 7) is 0. The third kappa shape index (κ3) is 3.55. The normalized spacial score (nSPS) is 12.8. The fourth-order valence-electron chi connectivity index (χ4n) is 0.563. The van der Waals surface area contributed by atoms with Gasteiger partial charge in [-0.1, -0.05) is 18.2 Å². The van der Waals surface area contributed by atoms with Crippen molar-refractivity contribution in [1.82, 2.24) is 0 Å². The summed E-state index contributed by atoms with van der Waals surface area (Å²) in [6.07, 6.45) is 1.50. The van der Waals surface area contributed by atoms with Gasteiger partial charge < -0.3 is 0 Å². The van der Waals surface area contributed by atoms with E-state index in [1.54, 1.807) is 0 Å². The molecule has 0 bridgehead atoms. The second-order valence-corrected chi connectivity index (χ2v) is 3.85. The minimum atomic E-state index is -1.20. The molecule has 1 aromatic carbocycles. The van der Waals surface area contributed by atoms with Crippen molar-refractivity contribution in [3.05, 3.63) is 30.3 Å². The molecule has 1 unspecified atom stereocenters. The molecule has 0 saturated carbocycles. The van der Waals surface area contributed by atoms with E-state index in [2.05, 4.69) is 0 Å². The lowest BCUT2D eigenvalue weighted by Crippen LogP contribution is -1.83. The standard InChI is InChI=1S/C7H8O2S2/c1-11(8)9-10-7-5-3-2-4-6-7/h2-6H,1H3. The minimum absolute atomic E-state index is 0.961. The number of benzene rings is 1. The van der Waals surface area contributed by atoms with Gasteiger partial charge in [-0.3, -0.25) is 0 Å². The highest BCUT2D eigenvalue weighted by Crippen LogP contribution is 2.18. The van der Waals surface area contributed by atoms with E-state index in [-0.39, 0.29) is 0 Å². The summed E-state index contributed by atoms with van der Waals surface area (Å²) in [7, 11) is 0. The Morgan fingerprint density at radius 3 is 2.55 bits per heavy atom. The zero-order valence-electron chi connectivity index (χ0n) is 6.02. The van der Waals surface area contributed by atoms with Gasteiger partial charge in [0.15, 0.2) is 11.1 Å². The van der Waals surface area contributed by atoms with Crippen molar-refractivity contribution in [3.63, 3.8) is 0 Å². The van der Waals surface area contributed by atoms with E-state index in [9.17, 15) is 4.21 Å². The summed E-state index contributed by atoms with van der Waals surface area (Å²) in [5.41, 5.74) is 0. The van der Waals surface area contributed by atoms with Gasteiger partial charge in [-0.2, -0.15) is 0 Å². The Morgan fingerprint density at radius 2 is 2.00 bits per heavy atom. The van der Waals surface area contributed by atoms with Gasteiger partial charge in [0.1, 0.15) is 0 Å². The van der Waals surface area contributed by atoms with Crippen LogP contribution in [0.2, 0.25) is 0 Å². The third-order valence-corrected chi connectivity index (χ3v) is 2.47. The lowest BCUT2D eigenvalue weighted by molar-refractivity contribution is 0.616. The molecule has 0 aromatic heterocycles. The van der Waals surface area contributed by atoms with Gasteiger partial charge in [0.2, 0.25) is 0 Å². The molecule has 0 fully saturated rings. The molecular formula is C7H8O2S2. The molecule has 0 amide bonds. The third-order valence-electron chi connectivity index (χ3n) is 0.969. The van der Waals surface area contributed by atoms with Crippen LogP contribution in [0.1, 0.15) is 0 Å². The van der Waals surface area contributed by atoms with Gasteiger partial charge in [-0.25, -0.2) is 7.84 Å². The van der Waals surface area contributed by atoms with Crippen LogP contribution in [0.4, 0.5) is 0 Å². The molecule has 1 aromatic rings. The first kappa shape index (κ1) is 8.77. The second kappa shape index (κ2) is 4.54. The molecule has 2 nitrogen and oxygen atoms in total. The Morgan fingerprint density at radius 1 is 1.36 bits per heavy atom. The van der Waals surface area contributed by atoms with E-state index >= 15 is 0 Å². The molecule has 0 saturated heterocycles. The van der Waals surface area contributed by atoms with Gasteiger partial charge >= 0.3 is 0 Å². The quantitative estimate of drug-likeness (QED) is 0.679. The van der Waals surface area contributed by atoms with Crippen LogP contribution in [0.3, 0.4) is 0 Å². The van der Waals surface area contributed by atoms with Gasteiger partial charge in [-0.15, -0.1) is 0 Å². The summed E-state index contributed by atoms with van der Waals surface area (Å²) >= 11 is -0.0747. The zero-order valence-corrected chi connectivity index (χ0v) is 7.65. The molecule has 4 heteroatoms. The molecular weight excluding hydrogens is 180 g/mol. The van der Waals surface area contributed by atoms with Crippen molar-refractivity contribution in [3.8, 4) is 0 Å². The van der Waals surface area contributed by atoms with Crippen molar-refractivity contribution >= 4 is 23.1 Å². The zero-order chi connectivity index (χ0) is 8.10. The van der Waals surface area contributed by atoms with E-state index < -0.39 is 11.1 Å². The predicted molar refractivity (Wildman–Crippen MR) is 47.5 cm³/mol. The molecule has 0 aliphatic rings. The highest BCUT2D eigenvalue weighted by Gasteiger charge is 1.94. The summed E-state index contributed by atoms with van der Waals surface area (Å²) in [5, 5.41) is 0. The van der Waals surface area contributed by atoms with Crippen molar-refractivity contribution in [2.24, 2.45) is 0 Å². The average molecular weight is 188 g/mol. The van der Waals surface area contributed by atoms with Crippen LogP contribution in [-0.2, 0) is 14.7 Å². The summed E-state index contributed by atoms with van der Waals surface area (Å²) in [6, 6.07) is 9.54. The highest BCUT2D eigenvalue weighted by molar-refractivity contribution is 8.02. The van der Waals surface area contributed by atoms with Crippen LogP contribution in [-0.4, -0.2) is 10.5 Å². The maximum absolute atomic E-state index is 10.5. The Bertz CT molecular complexity index is 235. The van der Waals surface area contributed by atoms with E-state index in [4.69, 9.17) is 3.63 Å². The molecule has 0 aliphatic carbocycles. The van der Waals surface area contributed by atoms with Gasteiger partial charge in [0.05, 0.1) is 0 Å². The summed E-state index contributed by atoms with van der Waals surface area (Å²) in [5.74, 6) is 0. The molecule has 1 atom stereocenters. The molecule has 0 N–H and O–H groups in total. The van der Waals surface area contributed by atoms with Crippen molar-refractivity contribution in [1.29, 1.82) is 0 Å². The second-order valence-electron chi connectivity index (χ2n) is 1.87. The number of hydrogen-bond donors (Lipinski definition) is 0. The summed E-state index contributed by atoms with van der Waals surface area (Å²) < 4.78 is 15.3. The van der Waals surface area contributed by atoms with Crippen LogP contribution in [0, 0.1) is 0 Å².